The number of hydrogen-bond donors (Lipinski definition) is 3. The van der Waals surface area contributed by atoms with Gasteiger partial charge < -0.3 is 15.4 Å². The third-order valence-electron chi connectivity index (χ3n) is 7.11. The Kier molecular flexibility index (Phi) is 8.16. The van der Waals surface area contributed by atoms with Crippen molar-refractivity contribution in [3.05, 3.63) is 77.0 Å². The molecule has 12 heteroatoms. The summed E-state index contributed by atoms with van der Waals surface area (Å²) in [5.74, 6) is -0.166. The van der Waals surface area contributed by atoms with Gasteiger partial charge >= 0.3 is 6.09 Å². The Morgan fingerprint density at radius 1 is 1.22 bits per heavy atom. The molecule has 2 aromatic heterocycles. The molecule has 2 aromatic carbocycles. The van der Waals surface area contributed by atoms with Crippen LogP contribution >= 0.6 is 11.6 Å². The van der Waals surface area contributed by atoms with Gasteiger partial charge in [0.15, 0.2) is 11.6 Å². The van der Waals surface area contributed by atoms with Crippen LogP contribution in [0.4, 0.5) is 26.4 Å². The summed E-state index contributed by atoms with van der Waals surface area (Å²) in [4.78, 5) is 29.3. The standard InChI is InChI=1S/C29H29ClFN7O3/c1-16-6-4-9-25(39)34-22-15-19(33-29(40)41-3)10-11-20(22)18-12-13-32-23(14-18)27(16)35-28-17(2)38(37-36-28)24-8-5-7-21(30)26(24)31/h5,7-8,10-16,27,35H,4,6,9H2,1-3H3,(H,33,40)(H,34,39)/t16?,27-/m0/s1. The minimum absolute atomic E-state index is 0.00150. The molecule has 2 amide bonds. The van der Waals surface area contributed by atoms with Crippen LogP contribution in [0.15, 0.2) is 54.7 Å². The molecule has 3 N–H and O–H groups in total. The topological polar surface area (TPSA) is 123 Å². The predicted octanol–water partition coefficient (Wildman–Crippen LogP) is 6.52. The Balaban J connectivity index is 1.53. The number of carbonyl (C=O) groups excluding carboxylic acids is 2. The lowest BCUT2D eigenvalue weighted by atomic mass is 9.91. The van der Waals surface area contributed by atoms with E-state index >= 15 is 0 Å². The average Bonchev–Trinajstić information content (AvgIpc) is 3.32. The highest BCUT2D eigenvalue weighted by atomic mass is 35.5. The van der Waals surface area contributed by atoms with E-state index in [1.165, 1.54) is 17.9 Å². The first-order valence-electron chi connectivity index (χ1n) is 13.1. The SMILES string of the molecule is COC(=O)Nc1ccc2c(c1)NC(=O)CCCC(C)[C@H](Nc1nnn(-c3cccc(Cl)c3F)c1C)c1cc-2ccn1. The van der Waals surface area contributed by atoms with Crippen molar-refractivity contribution in [2.75, 3.05) is 23.1 Å². The number of halogens is 2. The van der Waals surface area contributed by atoms with Crippen LogP contribution in [0.25, 0.3) is 16.8 Å². The monoisotopic (exact) mass is 577 g/mol. The maximum absolute atomic E-state index is 14.7. The Hall–Kier alpha value is -4.51. The summed E-state index contributed by atoms with van der Waals surface area (Å²) >= 11 is 5.99. The van der Waals surface area contributed by atoms with Gasteiger partial charge in [0, 0.05) is 23.9 Å². The number of ether oxygens (including phenoxy) is 1. The molecule has 0 radical (unpaired) electrons. The summed E-state index contributed by atoms with van der Waals surface area (Å²) in [6, 6.07) is 13.5. The molecule has 0 saturated carbocycles. The Bertz CT molecular complexity index is 1610. The van der Waals surface area contributed by atoms with Gasteiger partial charge in [-0.25, -0.2) is 13.9 Å². The lowest BCUT2D eigenvalue weighted by Gasteiger charge is -2.26. The lowest BCUT2D eigenvalue weighted by molar-refractivity contribution is -0.116. The van der Waals surface area contributed by atoms with Gasteiger partial charge in [0.05, 0.1) is 35.2 Å². The molecule has 0 spiro atoms. The number of pyridine rings is 1. The average molecular weight is 578 g/mol. The largest absolute Gasteiger partial charge is 0.453 e. The summed E-state index contributed by atoms with van der Waals surface area (Å²) in [5.41, 5.74) is 4.22. The van der Waals surface area contributed by atoms with Crippen LogP contribution in [0.5, 0.6) is 0 Å². The van der Waals surface area contributed by atoms with E-state index < -0.39 is 11.9 Å². The number of benzene rings is 2. The molecule has 3 heterocycles. The molecule has 0 saturated heterocycles. The number of hydrogen-bond acceptors (Lipinski definition) is 7. The summed E-state index contributed by atoms with van der Waals surface area (Å²) in [6.07, 6.45) is 2.79. The molecule has 0 aliphatic carbocycles. The third-order valence-corrected chi connectivity index (χ3v) is 7.41. The molecule has 1 aliphatic rings. The number of fused-ring (bicyclic) bond motifs is 4. The summed E-state index contributed by atoms with van der Waals surface area (Å²) in [7, 11) is 1.28. The fourth-order valence-corrected chi connectivity index (χ4v) is 5.07. The molecular formula is C29H29ClFN7O3. The van der Waals surface area contributed by atoms with Gasteiger partial charge in [0.1, 0.15) is 5.69 Å². The fourth-order valence-electron chi connectivity index (χ4n) is 4.90. The molecule has 5 rings (SSSR count). The van der Waals surface area contributed by atoms with Gasteiger partial charge in [-0.3, -0.25) is 15.1 Å². The highest BCUT2D eigenvalue weighted by Gasteiger charge is 2.26. The highest BCUT2D eigenvalue weighted by molar-refractivity contribution is 6.30. The number of nitrogens with one attached hydrogen (secondary N) is 3. The Labute approximate surface area is 241 Å². The molecule has 2 atom stereocenters. The Morgan fingerprint density at radius 3 is 2.85 bits per heavy atom. The van der Waals surface area contributed by atoms with Crippen molar-refractivity contribution in [1.29, 1.82) is 0 Å². The van der Waals surface area contributed by atoms with Crippen molar-refractivity contribution in [3.63, 3.8) is 0 Å². The van der Waals surface area contributed by atoms with Crippen molar-refractivity contribution >= 4 is 40.8 Å². The van der Waals surface area contributed by atoms with Gasteiger partial charge in [-0.05, 0) is 67.6 Å². The number of nitrogens with zero attached hydrogens (tertiary/aromatic N) is 4. The predicted molar refractivity (Wildman–Crippen MR) is 155 cm³/mol. The lowest BCUT2D eigenvalue weighted by Crippen LogP contribution is -2.22. The number of aromatic nitrogens is 4. The van der Waals surface area contributed by atoms with Crippen LogP contribution in [0.2, 0.25) is 5.02 Å². The normalized spacial score (nSPS) is 17.0. The fraction of sp³-hybridized carbons (Fsp3) is 0.276. The first-order chi connectivity index (χ1) is 19.7. The van der Waals surface area contributed by atoms with Crippen molar-refractivity contribution < 1.29 is 18.7 Å². The van der Waals surface area contributed by atoms with Gasteiger partial charge in [0.2, 0.25) is 5.91 Å². The molecule has 2 bridgehead atoms. The minimum atomic E-state index is -0.608. The van der Waals surface area contributed by atoms with E-state index in [4.69, 9.17) is 16.3 Å². The quantitative estimate of drug-likeness (QED) is 0.252. The first-order valence-corrected chi connectivity index (χ1v) is 13.5. The van der Waals surface area contributed by atoms with E-state index in [9.17, 15) is 14.0 Å². The zero-order chi connectivity index (χ0) is 29.1. The Morgan fingerprint density at radius 2 is 2.05 bits per heavy atom. The number of carbonyl (C=O) groups is 2. The van der Waals surface area contributed by atoms with Crippen molar-refractivity contribution in [1.82, 2.24) is 20.0 Å². The smallest absolute Gasteiger partial charge is 0.411 e. The van der Waals surface area contributed by atoms with Gasteiger partial charge in [-0.15, -0.1) is 5.10 Å². The number of anilines is 3. The zero-order valence-corrected chi connectivity index (χ0v) is 23.5. The van der Waals surface area contributed by atoms with Crippen LogP contribution in [-0.4, -0.2) is 39.1 Å². The second kappa shape index (κ2) is 11.9. The highest BCUT2D eigenvalue weighted by Crippen LogP contribution is 2.36. The van der Waals surface area contributed by atoms with E-state index in [-0.39, 0.29) is 28.6 Å². The van der Waals surface area contributed by atoms with Gasteiger partial charge in [-0.2, -0.15) is 0 Å². The maximum atomic E-state index is 14.7. The summed E-state index contributed by atoms with van der Waals surface area (Å²) < 4.78 is 20.8. The first kappa shape index (κ1) is 28.0. The van der Waals surface area contributed by atoms with E-state index in [1.54, 1.807) is 37.4 Å². The summed E-state index contributed by atoms with van der Waals surface area (Å²) in [6.45, 7) is 3.89. The molecular weight excluding hydrogens is 549 g/mol. The maximum Gasteiger partial charge on any atom is 0.411 e. The number of methoxy groups -OCH3 is 1. The number of amides is 2. The third kappa shape index (κ3) is 5.99. The van der Waals surface area contributed by atoms with E-state index in [1.807, 2.05) is 18.2 Å². The molecule has 212 valence electrons. The summed E-state index contributed by atoms with van der Waals surface area (Å²) in [5, 5.41) is 17.6. The van der Waals surface area contributed by atoms with Crippen LogP contribution in [-0.2, 0) is 9.53 Å². The molecule has 10 nitrogen and oxygen atoms in total. The van der Waals surface area contributed by atoms with Gasteiger partial charge in [-0.1, -0.05) is 35.9 Å². The van der Waals surface area contributed by atoms with E-state index in [0.29, 0.717) is 35.7 Å². The van der Waals surface area contributed by atoms with Crippen LogP contribution in [0.3, 0.4) is 0 Å². The second-order valence-electron chi connectivity index (χ2n) is 9.89. The van der Waals surface area contributed by atoms with E-state index in [0.717, 1.165) is 23.2 Å². The van der Waals surface area contributed by atoms with Crippen LogP contribution in [0, 0.1) is 18.7 Å². The minimum Gasteiger partial charge on any atom is -0.453 e. The second-order valence-corrected chi connectivity index (χ2v) is 10.3. The van der Waals surface area contributed by atoms with Crippen molar-refractivity contribution in [2.24, 2.45) is 5.92 Å². The van der Waals surface area contributed by atoms with Gasteiger partial charge in [0.25, 0.3) is 0 Å². The molecule has 0 fully saturated rings. The van der Waals surface area contributed by atoms with Crippen molar-refractivity contribution in [2.45, 2.75) is 39.2 Å². The molecule has 1 aliphatic heterocycles. The van der Waals surface area contributed by atoms with Crippen LogP contribution < -0.4 is 16.0 Å². The molecule has 4 aromatic rings. The van der Waals surface area contributed by atoms with E-state index in [2.05, 4.69) is 38.2 Å². The van der Waals surface area contributed by atoms with Crippen molar-refractivity contribution in [3.8, 4) is 16.8 Å². The number of rotatable bonds is 4. The zero-order valence-electron chi connectivity index (χ0n) is 22.7. The molecule has 1 unspecified atom stereocenters. The molecule has 41 heavy (non-hydrogen) atoms. The van der Waals surface area contributed by atoms with Crippen LogP contribution in [0.1, 0.15) is 43.6 Å².